The number of carbonyl (C=O) groups excluding carboxylic acids is 1. The Bertz CT molecular complexity index is 466. The topological polar surface area (TPSA) is 29.5 Å². The molecule has 19 heavy (non-hydrogen) atoms. The molecule has 2 aliphatic rings. The van der Waals surface area contributed by atoms with E-state index in [1.807, 2.05) is 29.2 Å². The van der Waals surface area contributed by atoms with Crippen LogP contribution in [0, 0.1) is 5.92 Å². The highest BCUT2D eigenvalue weighted by Crippen LogP contribution is 2.32. The minimum atomic E-state index is -0.329. The summed E-state index contributed by atoms with van der Waals surface area (Å²) in [6.07, 6.45) is 1.46. The molecule has 0 N–H and O–H groups in total. The molecule has 2 aliphatic heterocycles. The van der Waals surface area contributed by atoms with Gasteiger partial charge in [-0.2, -0.15) is 0 Å². The van der Waals surface area contributed by atoms with Crippen molar-refractivity contribution >= 4 is 21.8 Å². The van der Waals surface area contributed by atoms with E-state index in [4.69, 9.17) is 4.74 Å². The Morgan fingerprint density at radius 3 is 3.00 bits per heavy atom. The summed E-state index contributed by atoms with van der Waals surface area (Å²) < 4.78 is 5.80. The highest BCUT2D eigenvalue weighted by atomic mass is 79.9. The number of likely N-dealkylation sites (tertiary alicyclic amines) is 1. The van der Waals surface area contributed by atoms with Crippen LogP contribution in [0.4, 0.5) is 0 Å². The minimum absolute atomic E-state index is 0.144. The van der Waals surface area contributed by atoms with Gasteiger partial charge in [-0.25, -0.2) is 0 Å². The fourth-order valence-corrected chi connectivity index (χ4v) is 4.01. The number of alkyl halides is 1. The predicted molar refractivity (Wildman–Crippen MR) is 77.6 cm³/mol. The largest absolute Gasteiger partial charge is 0.480 e. The molecule has 1 amide bonds. The number of carbonyl (C=O) groups is 1. The van der Waals surface area contributed by atoms with E-state index in [2.05, 4.69) is 22.9 Å². The van der Waals surface area contributed by atoms with Crippen LogP contribution in [-0.4, -0.2) is 34.8 Å². The summed E-state index contributed by atoms with van der Waals surface area (Å²) in [4.78, 5) is 14.6. The van der Waals surface area contributed by atoms with Gasteiger partial charge in [-0.15, -0.1) is 0 Å². The molecule has 0 radical (unpaired) electrons. The summed E-state index contributed by atoms with van der Waals surface area (Å²) in [6, 6.07) is 8.23. The van der Waals surface area contributed by atoms with Crippen molar-refractivity contribution in [1.82, 2.24) is 4.90 Å². The van der Waals surface area contributed by atoms with Gasteiger partial charge in [0.15, 0.2) is 6.10 Å². The first-order valence-electron chi connectivity index (χ1n) is 6.81. The molecule has 4 heteroatoms. The van der Waals surface area contributed by atoms with Crippen LogP contribution in [0.15, 0.2) is 24.3 Å². The van der Waals surface area contributed by atoms with Crippen LogP contribution in [0.1, 0.15) is 18.9 Å². The second kappa shape index (κ2) is 5.16. The number of rotatable bonds is 2. The monoisotopic (exact) mass is 323 g/mol. The molecule has 3 rings (SSSR count). The lowest BCUT2D eigenvalue weighted by atomic mass is 10.0. The van der Waals surface area contributed by atoms with Gasteiger partial charge in [-0.3, -0.25) is 4.79 Å². The molecule has 1 aromatic carbocycles. The number of fused-ring (bicyclic) bond motifs is 1. The highest BCUT2D eigenvalue weighted by Gasteiger charge is 2.39. The third-order valence-corrected chi connectivity index (χ3v) is 4.91. The van der Waals surface area contributed by atoms with Crippen LogP contribution in [0.25, 0.3) is 0 Å². The third-order valence-electron chi connectivity index (χ3n) is 4.25. The molecule has 0 aliphatic carbocycles. The third kappa shape index (κ3) is 2.27. The fourth-order valence-electron chi connectivity index (χ4n) is 3.02. The lowest BCUT2D eigenvalue weighted by Crippen LogP contribution is -2.45. The zero-order chi connectivity index (χ0) is 13.4. The maximum atomic E-state index is 12.6. The summed E-state index contributed by atoms with van der Waals surface area (Å²) in [5.74, 6) is 1.57. The van der Waals surface area contributed by atoms with E-state index >= 15 is 0 Å². The predicted octanol–water partition coefficient (Wildman–Crippen LogP) is 2.62. The molecule has 2 heterocycles. The SMILES string of the molecule is CC1CCN(C(=O)C2Cc3ccccc3O2)C1CBr. The maximum absolute atomic E-state index is 12.6. The van der Waals surface area contributed by atoms with Crippen LogP contribution >= 0.6 is 15.9 Å². The molecule has 3 atom stereocenters. The van der Waals surface area contributed by atoms with Crippen LogP contribution in [0.3, 0.4) is 0 Å². The van der Waals surface area contributed by atoms with Crippen LogP contribution in [0.2, 0.25) is 0 Å². The number of halogens is 1. The molecular formula is C15H18BrNO2. The van der Waals surface area contributed by atoms with Crippen molar-refractivity contribution in [2.75, 3.05) is 11.9 Å². The first-order valence-corrected chi connectivity index (χ1v) is 7.94. The number of para-hydroxylation sites is 1. The second-order valence-electron chi connectivity index (χ2n) is 5.44. The summed E-state index contributed by atoms with van der Waals surface area (Å²) in [5.41, 5.74) is 1.14. The van der Waals surface area contributed by atoms with Crippen molar-refractivity contribution in [3.05, 3.63) is 29.8 Å². The zero-order valence-electron chi connectivity index (χ0n) is 11.0. The quantitative estimate of drug-likeness (QED) is 0.783. The van der Waals surface area contributed by atoms with E-state index in [1.165, 1.54) is 0 Å². The lowest BCUT2D eigenvalue weighted by Gasteiger charge is -2.27. The van der Waals surface area contributed by atoms with Crippen LogP contribution in [0.5, 0.6) is 5.75 Å². The number of ether oxygens (including phenoxy) is 1. The number of nitrogens with zero attached hydrogens (tertiary/aromatic N) is 1. The Kier molecular flexibility index (Phi) is 3.52. The normalized spacial score (nSPS) is 29.2. The average Bonchev–Trinajstić information content (AvgIpc) is 3.00. The van der Waals surface area contributed by atoms with Crippen molar-refractivity contribution in [1.29, 1.82) is 0 Å². The molecule has 0 saturated carbocycles. The van der Waals surface area contributed by atoms with Crippen molar-refractivity contribution in [2.24, 2.45) is 5.92 Å². The van der Waals surface area contributed by atoms with E-state index < -0.39 is 0 Å². The molecule has 102 valence electrons. The summed E-state index contributed by atoms with van der Waals surface area (Å²) in [6.45, 7) is 3.07. The maximum Gasteiger partial charge on any atom is 0.264 e. The van der Waals surface area contributed by atoms with Gasteiger partial charge in [0.1, 0.15) is 5.75 Å². The van der Waals surface area contributed by atoms with Crippen molar-refractivity contribution in [3.8, 4) is 5.75 Å². The van der Waals surface area contributed by atoms with E-state index in [0.29, 0.717) is 18.4 Å². The minimum Gasteiger partial charge on any atom is -0.480 e. The Morgan fingerprint density at radius 2 is 2.26 bits per heavy atom. The standard InChI is InChI=1S/C15H18BrNO2/c1-10-6-7-17(12(10)9-16)15(18)14-8-11-4-2-3-5-13(11)19-14/h2-5,10,12,14H,6-9H2,1H3. The lowest BCUT2D eigenvalue weighted by molar-refractivity contribution is -0.138. The van der Waals surface area contributed by atoms with Crippen molar-refractivity contribution in [3.63, 3.8) is 0 Å². The second-order valence-corrected chi connectivity index (χ2v) is 6.09. The van der Waals surface area contributed by atoms with Gasteiger partial charge in [0, 0.05) is 24.3 Å². The van der Waals surface area contributed by atoms with Gasteiger partial charge in [0.2, 0.25) is 0 Å². The molecule has 3 unspecified atom stereocenters. The Labute approximate surface area is 122 Å². The molecular weight excluding hydrogens is 306 g/mol. The fraction of sp³-hybridized carbons (Fsp3) is 0.533. The molecule has 0 bridgehead atoms. The van der Waals surface area contributed by atoms with Gasteiger partial charge in [0.25, 0.3) is 5.91 Å². The number of hydrogen-bond acceptors (Lipinski definition) is 2. The van der Waals surface area contributed by atoms with Crippen LogP contribution in [-0.2, 0) is 11.2 Å². The Balaban J connectivity index is 1.73. The highest BCUT2D eigenvalue weighted by molar-refractivity contribution is 9.09. The van der Waals surface area contributed by atoms with Crippen molar-refractivity contribution < 1.29 is 9.53 Å². The van der Waals surface area contributed by atoms with Gasteiger partial charge in [0.05, 0.1) is 0 Å². The number of hydrogen-bond donors (Lipinski definition) is 0. The van der Waals surface area contributed by atoms with Gasteiger partial charge >= 0.3 is 0 Å². The first-order chi connectivity index (χ1) is 9.20. The van der Waals surface area contributed by atoms with Gasteiger partial charge in [-0.1, -0.05) is 41.1 Å². The van der Waals surface area contributed by atoms with Crippen molar-refractivity contribution in [2.45, 2.75) is 31.9 Å². The Morgan fingerprint density at radius 1 is 1.47 bits per heavy atom. The molecule has 1 aromatic rings. The molecule has 0 aromatic heterocycles. The molecule has 0 spiro atoms. The van der Waals surface area contributed by atoms with E-state index in [0.717, 1.165) is 29.6 Å². The van der Waals surface area contributed by atoms with E-state index in [-0.39, 0.29) is 12.0 Å². The van der Waals surface area contributed by atoms with Crippen LogP contribution < -0.4 is 4.74 Å². The summed E-state index contributed by atoms with van der Waals surface area (Å²) >= 11 is 3.53. The summed E-state index contributed by atoms with van der Waals surface area (Å²) in [5, 5.41) is 0.847. The van der Waals surface area contributed by atoms with Gasteiger partial charge in [-0.05, 0) is 24.0 Å². The molecule has 1 saturated heterocycles. The number of amides is 1. The first kappa shape index (κ1) is 13.0. The Hall–Kier alpha value is -1.03. The molecule has 1 fully saturated rings. The average molecular weight is 324 g/mol. The zero-order valence-corrected chi connectivity index (χ0v) is 12.6. The number of benzene rings is 1. The smallest absolute Gasteiger partial charge is 0.264 e. The molecule has 3 nitrogen and oxygen atoms in total. The van der Waals surface area contributed by atoms with Gasteiger partial charge < -0.3 is 9.64 Å². The summed E-state index contributed by atoms with van der Waals surface area (Å²) in [7, 11) is 0. The van der Waals surface area contributed by atoms with E-state index in [9.17, 15) is 4.79 Å². The van der Waals surface area contributed by atoms with E-state index in [1.54, 1.807) is 0 Å².